The second-order valence-corrected chi connectivity index (χ2v) is 6.35. The molecule has 1 aliphatic heterocycles. The number of hydrogen-bond acceptors (Lipinski definition) is 4. The number of piperidine rings is 1. The van der Waals surface area contributed by atoms with Crippen molar-refractivity contribution in [1.29, 1.82) is 0 Å². The minimum Gasteiger partial charge on any atom is -0.505 e. The third-order valence-electron chi connectivity index (χ3n) is 4.35. The van der Waals surface area contributed by atoms with Crippen LogP contribution in [-0.2, 0) is 11.3 Å². The molecule has 0 aliphatic carbocycles. The zero-order chi connectivity index (χ0) is 18.9. The lowest BCUT2D eigenvalue weighted by Crippen LogP contribution is -2.50. The highest BCUT2D eigenvalue weighted by Crippen LogP contribution is 2.16. The topological polar surface area (TPSA) is 89.0 Å². The molecule has 4 N–H and O–H groups in total. The van der Waals surface area contributed by atoms with Crippen molar-refractivity contribution in [2.24, 2.45) is 4.99 Å². The number of carbonyl (C=O) groups is 1. The number of halogens is 1. The average Bonchev–Trinajstić information content (AvgIpc) is 2.64. The molecule has 1 aromatic carbocycles. The predicted molar refractivity (Wildman–Crippen MR) is 99.5 cm³/mol. The summed E-state index contributed by atoms with van der Waals surface area (Å²) in [6.07, 6.45) is 1.85. The first kappa shape index (κ1) is 20.0. The Morgan fingerprint density at radius 2 is 2.12 bits per heavy atom. The molecular weight excluding hydrogens is 337 g/mol. The highest BCUT2D eigenvalue weighted by atomic mass is 19.1. The Morgan fingerprint density at radius 1 is 1.38 bits per heavy atom. The fourth-order valence-corrected chi connectivity index (χ4v) is 2.85. The van der Waals surface area contributed by atoms with E-state index in [0.717, 1.165) is 32.5 Å². The molecule has 7 nitrogen and oxygen atoms in total. The maximum atomic E-state index is 13.4. The van der Waals surface area contributed by atoms with Gasteiger partial charge in [0, 0.05) is 32.7 Å². The first-order valence-corrected chi connectivity index (χ1v) is 8.97. The fourth-order valence-electron chi connectivity index (χ4n) is 2.85. The molecule has 0 aromatic heterocycles. The van der Waals surface area contributed by atoms with Crippen molar-refractivity contribution in [3.05, 3.63) is 29.6 Å². The normalized spacial score (nSPS) is 16.3. The summed E-state index contributed by atoms with van der Waals surface area (Å²) in [5.74, 6) is -0.274. The largest absolute Gasteiger partial charge is 0.505 e. The summed E-state index contributed by atoms with van der Waals surface area (Å²) in [6.45, 7) is 5.18. The number of amides is 1. The van der Waals surface area contributed by atoms with Gasteiger partial charge in [0.25, 0.3) is 0 Å². The highest BCUT2D eigenvalue weighted by molar-refractivity contribution is 5.80. The molecule has 2 rings (SSSR count). The van der Waals surface area contributed by atoms with Crippen molar-refractivity contribution in [3.63, 3.8) is 0 Å². The number of phenols is 1. The zero-order valence-electron chi connectivity index (χ0n) is 15.4. The van der Waals surface area contributed by atoms with Gasteiger partial charge in [0.2, 0.25) is 5.91 Å². The number of likely N-dealkylation sites (N-methyl/N-ethyl adjacent to an activating group) is 1. The van der Waals surface area contributed by atoms with Gasteiger partial charge >= 0.3 is 0 Å². The number of likely N-dealkylation sites (tertiary alicyclic amines) is 1. The quantitative estimate of drug-likeness (QED) is 0.442. The van der Waals surface area contributed by atoms with Crippen LogP contribution in [0.5, 0.6) is 5.75 Å². The van der Waals surface area contributed by atoms with Gasteiger partial charge in [-0.05, 0) is 37.5 Å². The minimum atomic E-state index is -0.640. The van der Waals surface area contributed by atoms with E-state index in [1.165, 1.54) is 12.1 Å². The van der Waals surface area contributed by atoms with Crippen molar-refractivity contribution < 1.29 is 14.3 Å². The number of benzene rings is 1. The molecular formula is C18H28FN5O2. The molecule has 0 spiro atoms. The van der Waals surface area contributed by atoms with Crippen LogP contribution in [0, 0.1) is 5.82 Å². The van der Waals surface area contributed by atoms with Gasteiger partial charge < -0.3 is 21.1 Å². The lowest BCUT2D eigenvalue weighted by Gasteiger charge is -2.32. The molecule has 1 fully saturated rings. The Kier molecular flexibility index (Phi) is 7.65. The maximum Gasteiger partial charge on any atom is 0.233 e. The first-order chi connectivity index (χ1) is 12.5. The first-order valence-electron chi connectivity index (χ1n) is 8.97. The molecule has 8 heteroatoms. The number of aliphatic imine (C=N–C) groups is 1. The highest BCUT2D eigenvalue weighted by Gasteiger charge is 2.21. The van der Waals surface area contributed by atoms with Crippen LogP contribution in [0.4, 0.5) is 4.39 Å². The Morgan fingerprint density at radius 3 is 2.73 bits per heavy atom. The maximum absolute atomic E-state index is 13.4. The van der Waals surface area contributed by atoms with E-state index in [0.29, 0.717) is 24.6 Å². The van der Waals surface area contributed by atoms with Crippen LogP contribution in [-0.4, -0.2) is 61.1 Å². The van der Waals surface area contributed by atoms with Gasteiger partial charge in [0.15, 0.2) is 17.5 Å². The fraction of sp³-hybridized carbons (Fsp3) is 0.556. The third-order valence-corrected chi connectivity index (χ3v) is 4.35. The van der Waals surface area contributed by atoms with Gasteiger partial charge in [0.05, 0.1) is 13.1 Å². The zero-order valence-corrected chi connectivity index (χ0v) is 15.4. The number of carbonyl (C=O) groups excluding carboxylic acids is 1. The van der Waals surface area contributed by atoms with Gasteiger partial charge in [-0.25, -0.2) is 9.38 Å². The molecule has 26 heavy (non-hydrogen) atoms. The minimum absolute atomic E-state index is 0.0347. The van der Waals surface area contributed by atoms with Crippen molar-refractivity contribution >= 4 is 11.9 Å². The lowest BCUT2D eigenvalue weighted by atomic mass is 10.1. The number of nitrogens with one attached hydrogen (secondary N) is 3. The van der Waals surface area contributed by atoms with Gasteiger partial charge in [0.1, 0.15) is 0 Å². The van der Waals surface area contributed by atoms with Gasteiger partial charge in [-0.2, -0.15) is 0 Å². The molecule has 0 atom stereocenters. The van der Waals surface area contributed by atoms with Crippen LogP contribution < -0.4 is 16.0 Å². The van der Waals surface area contributed by atoms with Crippen LogP contribution in [0.1, 0.15) is 25.3 Å². The van der Waals surface area contributed by atoms with E-state index in [2.05, 4.69) is 25.8 Å². The molecule has 1 saturated heterocycles. The van der Waals surface area contributed by atoms with Crippen LogP contribution in [0.3, 0.4) is 0 Å². The standard InChI is InChI=1S/C18H28FN5O2/c1-3-21-18(22-11-13-4-5-16(25)15(19)10-13)23-14-6-8-24(9-7-14)12-17(26)20-2/h4-5,10,14,25H,3,6-9,11-12H2,1-2H3,(H,20,26)(H2,21,22,23). The van der Waals surface area contributed by atoms with E-state index in [4.69, 9.17) is 0 Å². The van der Waals surface area contributed by atoms with Crippen molar-refractivity contribution in [3.8, 4) is 5.75 Å². The van der Waals surface area contributed by atoms with Crippen LogP contribution in [0.25, 0.3) is 0 Å². The molecule has 1 aliphatic rings. The van der Waals surface area contributed by atoms with E-state index < -0.39 is 5.82 Å². The Balaban J connectivity index is 1.87. The summed E-state index contributed by atoms with van der Waals surface area (Å²) in [6, 6.07) is 4.57. The van der Waals surface area contributed by atoms with Gasteiger partial charge in [-0.1, -0.05) is 6.07 Å². The van der Waals surface area contributed by atoms with Crippen molar-refractivity contribution in [2.45, 2.75) is 32.4 Å². The monoisotopic (exact) mass is 365 g/mol. The number of phenolic OH excluding ortho intramolecular Hbond substituents is 1. The molecule has 0 unspecified atom stereocenters. The SMILES string of the molecule is CCNC(=NCc1ccc(O)c(F)c1)NC1CCN(CC(=O)NC)CC1. The summed E-state index contributed by atoms with van der Waals surface area (Å²) in [5.41, 5.74) is 0.693. The van der Waals surface area contributed by atoms with Crippen LogP contribution in [0.15, 0.2) is 23.2 Å². The van der Waals surface area contributed by atoms with E-state index in [9.17, 15) is 14.3 Å². The van der Waals surface area contributed by atoms with E-state index in [1.807, 2.05) is 6.92 Å². The number of guanidine groups is 1. The number of rotatable bonds is 6. The summed E-state index contributed by atoms with van der Waals surface area (Å²) in [5, 5.41) is 18.5. The molecule has 0 saturated carbocycles. The predicted octanol–water partition coefficient (Wildman–Crippen LogP) is 0.797. The molecule has 1 amide bonds. The Bertz CT molecular complexity index is 630. The van der Waals surface area contributed by atoms with Gasteiger partial charge in [-0.15, -0.1) is 0 Å². The molecule has 144 valence electrons. The summed E-state index contributed by atoms with van der Waals surface area (Å²) < 4.78 is 13.4. The van der Waals surface area contributed by atoms with Crippen LogP contribution in [0.2, 0.25) is 0 Å². The summed E-state index contributed by atoms with van der Waals surface area (Å²) in [7, 11) is 1.65. The molecule has 0 bridgehead atoms. The number of hydrogen-bond donors (Lipinski definition) is 4. The summed E-state index contributed by atoms with van der Waals surface area (Å²) in [4.78, 5) is 18.1. The van der Waals surface area contributed by atoms with Crippen LogP contribution >= 0.6 is 0 Å². The molecule has 1 aromatic rings. The van der Waals surface area contributed by atoms with Crippen molar-refractivity contribution in [2.75, 3.05) is 33.2 Å². The van der Waals surface area contributed by atoms with E-state index in [-0.39, 0.29) is 17.7 Å². The third kappa shape index (κ3) is 6.18. The Labute approximate surface area is 153 Å². The average molecular weight is 365 g/mol. The number of aromatic hydroxyl groups is 1. The number of nitrogens with zero attached hydrogens (tertiary/aromatic N) is 2. The van der Waals surface area contributed by atoms with E-state index in [1.54, 1.807) is 13.1 Å². The van der Waals surface area contributed by atoms with Gasteiger partial charge in [-0.3, -0.25) is 9.69 Å². The molecule has 0 radical (unpaired) electrons. The second kappa shape index (κ2) is 9.96. The smallest absolute Gasteiger partial charge is 0.233 e. The van der Waals surface area contributed by atoms with E-state index >= 15 is 0 Å². The molecule has 1 heterocycles. The van der Waals surface area contributed by atoms with Crippen molar-refractivity contribution in [1.82, 2.24) is 20.9 Å². The lowest BCUT2D eigenvalue weighted by molar-refractivity contribution is -0.122. The summed E-state index contributed by atoms with van der Waals surface area (Å²) >= 11 is 0. The Hall–Kier alpha value is -2.35. The second-order valence-electron chi connectivity index (χ2n) is 6.35.